The Hall–Kier alpha value is -0.353. The van der Waals surface area contributed by atoms with Gasteiger partial charge in [-0.25, -0.2) is 4.79 Å². The molecule has 3 nitrogen and oxygen atoms in total. The molecule has 0 radical (unpaired) electrons. The van der Waals surface area contributed by atoms with Gasteiger partial charge in [-0.15, -0.1) is 0 Å². The van der Waals surface area contributed by atoms with Gasteiger partial charge in [0, 0.05) is 6.42 Å². The average molecular weight is 315 g/mol. The maximum atomic E-state index is 11.9. The zero-order chi connectivity index (χ0) is 16.4. The van der Waals surface area contributed by atoms with Crippen molar-refractivity contribution in [2.24, 2.45) is 0 Å². The van der Waals surface area contributed by atoms with Gasteiger partial charge in [0.25, 0.3) is 0 Å². The lowest BCUT2D eigenvalue weighted by Gasteiger charge is -2.51. The summed E-state index contributed by atoms with van der Waals surface area (Å²) in [6, 6.07) is 1.16. The molecule has 1 aliphatic rings. The van der Waals surface area contributed by atoms with E-state index in [2.05, 4.69) is 41.5 Å². The van der Waals surface area contributed by atoms with Crippen LogP contribution < -0.4 is 0 Å². The molecular weight excluding hydrogens is 280 g/mol. The lowest BCUT2D eigenvalue weighted by molar-refractivity contribution is -0.216. The molecule has 0 aromatic carbocycles. The Kier molecular flexibility index (Phi) is 6.07. The van der Waals surface area contributed by atoms with Crippen molar-refractivity contribution in [3.63, 3.8) is 0 Å². The van der Waals surface area contributed by atoms with Crippen LogP contribution >= 0.6 is 0 Å². The molecule has 2 atom stereocenters. The molecule has 0 aromatic rings. The fraction of sp³-hybridized carbons (Fsp3) is 0.941. The second kappa shape index (κ2) is 6.82. The van der Waals surface area contributed by atoms with E-state index in [1.54, 1.807) is 0 Å². The van der Waals surface area contributed by atoms with Crippen LogP contribution in [0.5, 0.6) is 0 Å². The first-order valence-corrected chi connectivity index (χ1v) is 10.9. The summed E-state index contributed by atoms with van der Waals surface area (Å²) in [5, 5.41) is 0. The summed E-state index contributed by atoms with van der Waals surface area (Å²) in [6.07, 6.45) is 1.05. The van der Waals surface area contributed by atoms with E-state index in [9.17, 15) is 4.79 Å². The number of esters is 1. The lowest BCUT2D eigenvalue weighted by Crippen LogP contribution is -2.58. The van der Waals surface area contributed by atoms with Crippen molar-refractivity contribution in [2.75, 3.05) is 6.61 Å². The standard InChI is InChI=1S/C17H34O3Si/c1-9-19-16(18)17(8)10-15(20-17)11-21(12(2)3,13(4)5)14(6)7/h12-15H,9-11H2,1-8H3/t15-,17-/m0/s1. The highest BCUT2D eigenvalue weighted by molar-refractivity contribution is 6.83. The number of rotatable bonds is 7. The predicted octanol–water partition coefficient (Wildman–Crippen LogP) is 4.78. The molecule has 1 heterocycles. The normalized spacial score (nSPS) is 26.3. The van der Waals surface area contributed by atoms with Gasteiger partial charge in [0.1, 0.15) is 0 Å². The monoisotopic (exact) mass is 314 g/mol. The van der Waals surface area contributed by atoms with E-state index in [0.29, 0.717) is 6.61 Å². The molecule has 4 heteroatoms. The van der Waals surface area contributed by atoms with Crippen LogP contribution in [0.2, 0.25) is 22.7 Å². The topological polar surface area (TPSA) is 35.5 Å². The summed E-state index contributed by atoms with van der Waals surface area (Å²) >= 11 is 0. The molecule has 0 spiro atoms. The van der Waals surface area contributed by atoms with E-state index < -0.39 is 13.7 Å². The van der Waals surface area contributed by atoms with E-state index in [4.69, 9.17) is 9.47 Å². The minimum atomic E-state index is -1.45. The first kappa shape index (κ1) is 18.7. The van der Waals surface area contributed by atoms with Gasteiger partial charge < -0.3 is 9.47 Å². The zero-order valence-corrected chi connectivity index (χ0v) is 16.2. The Morgan fingerprint density at radius 1 is 1.19 bits per heavy atom. The molecule has 0 aromatic heterocycles. The highest BCUT2D eigenvalue weighted by Crippen LogP contribution is 2.49. The molecule has 0 saturated carbocycles. The Morgan fingerprint density at radius 2 is 1.62 bits per heavy atom. The molecule has 0 amide bonds. The van der Waals surface area contributed by atoms with Gasteiger partial charge in [-0.1, -0.05) is 58.2 Å². The Bertz CT molecular complexity index is 335. The van der Waals surface area contributed by atoms with Gasteiger partial charge in [-0.3, -0.25) is 0 Å². The van der Waals surface area contributed by atoms with Crippen LogP contribution in [-0.2, 0) is 14.3 Å². The Morgan fingerprint density at radius 3 is 1.95 bits per heavy atom. The first-order valence-electron chi connectivity index (χ1n) is 8.45. The molecule has 0 unspecified atom stereocenters. The predicted molar refractivity (Wildman–Crippen MR) is 90.4 cm³/mol. The molecular formula is C17H34O3Si. The van der Waals surface area contributed by atoms with Crippen LogP contribution in [0.1, 0.15) is 61.8 Å². The molecule has 1 rings (SSSR count). The number of hydrogen-bond donors (Lipinski definition) is 0. The second-order valence-corrected chi connectivity index (χ2v) is 13.8. The van der Waals surface area contributed by atoms with Gasteiger partial charge in [-0.2, -0.15) is 0 Å². The van der Waals surface area contributed by atoms with Crippen LogP contribution in [0, 0.1) is 0 Å². The summed E-state index contributed by atoms with van der Waals surface area (Å²) in [7, 11) is -1.45. The van der Waals surface area contributed by atoms with E-state index in [1.807, 2.05) is 13.8 Å². The minimum Gasteiger partial charge on any atom is -0.464 e. The van der Waals surface area contributed by atoms with Gasteiger partial charge in [0.15, 0.2) is 5.60 Å². The van der Waals surface area contributed by atoms with E-state index in [-0.39, 0.29) is 12.1 Å². The zero-order valence-electron chi connectivity index (χ0n) is 15.2. The number of carbonyl (C=O) groups excluding carboxylic acids is 1. The fourth-order valence-electron chi connectivity index (χ4n) is 4.42. The molecule has 1 aliphatic heterocycles. The molecule has 0 aliphatic carbocycles. The van der Waals surface area contributed by atoms with Crippen molar-refractivity contribution in [1.82, 2.24) is 0 Å². The summed E-state index contributed by atoms with van der Waals surface area (Å²) < 4.78 is 11.1. The van der Waals surface area contributed by atoms with Crippen LogP contribution in [0.3, 0.4) is 0 Å². The largest absolute Gasteiger partial charge is 0.464 e. The third kappa shape index (κ3) is 3.53. The minimum absolute atomic E-state index is 0.202. The van der Waals surface area contributed by atoms with Crippen molar-refractivity contribution >= 4 is 14.0 Å². The smallest absolute Gasteiger partial charge is 0.338 e. The van der Waals surface area contributed by atoms with E-state index in [0.717, 1.165) is 29.1 Å². The quantitative estimate of drug-likeness (QED) is 0.501. The number of carbonyl (C=O) groups is 1. The van der Waals surface area contributed by atoms with Gasteiger partial charge in [0.05, 0.1) is 20.8 Å². The number of hydrogen-bond acceptors (Lipinski definition) is 3. The summed E-state index contributed by atoms with van der Waals surface area (Å²) in [4.78, 5) is 11.9. The molecule has 21 heavy (non-hydrogen) atoms. The first-order chi connectivity index (χ1) is 9.60. The summed E-state index contributed by atoms with van der Waals surface area (Å²) in [6.45, 7) is 18.3. The molecule has 124 valence electrons. The fourth-order valence-corrected chi connectivity index (χ4v) is 10.9. The maximum absolute atomic E-state index is 11.9. The molecule has 0 N–H and O–H groups in total. The highest BCUT2D eigenvalue weighted by Gasteiger charge is 2.53. The third-order valence-corrected chi connectivity index (χ3v) is 13.2. The lowest BCUT2D eigenvalue weighted by atomic mass is 9.92. The van der Waals surface area contributed by atoms with Crippen LogP contribution in [0.4, 0.5) is 0 Å². The average Bonchev–Trinajstić information content (AvgIpc) is 2.31. The van der Waals surface area contributed by atoms with Crippen molar-refractivity contribution in [3.8, 4) is 0 Å². The maximum Gasteiger partial charge on any atom is 0.338 e. The van der Waals surface area contributed by atoms with Crippen LogP contribution in [0.15, 0.2) is 0 Å². The van der Waals surface area contributed by atoms with Gasteiger partial charge in [-0.05, 0) is 19.9 Å². The number of ether oxygens (including phenoxy) is 2. The van der Waals surface area contributed by atoms with E-state index in [1.165, 1.54) is 0 Å². The van der Waals surface area contributed by atoms with Gasteiger partial charge >= 0.3 is 5.97 Å². The second-order valence-electron chi connectivity index (χ2n) is 7.68. The van der Waals surface area contributed by atoms with Crippen molar-refractivity contribution in [3.05, 3.63) is 0 Å². The summed E-state index contributed by atoms with van der Waals surface area (Å²) in [5.41, 5.74) is 1.49. The Balaban J connectivity index is 2.75. The van der Waals surface area contributed by atoms with Crippen LogP contribution in [-0.4, -0.2) is 32.4 Å². The molecule has 1 fully saturated rings. The molecule has 1 saturated heterocycles. The van der Waals surface area contributed by atoms with Crippen molar-refractivity contribution < 1.29 is 14.3 Å². The SMILES string of the molecule is CCOC(=O)[C@]1(C)C[C@@H](C[Si](C(C)C)(C(C)C)C(C)C)O1. The van der Waals surface area contributed by atoms with Gasteiger partial charge in [0.2, 0.25) is 0 Å². The summed E-state index contributed by atoms with van der Waals surface area (Å²) in [5.74, 6) is -0.202. The molecule has 0 bridgehead atoms. The van der Waals surface area contributed by atoms with E-state index >= 15 is 0 Å². The Labute approximate surface area is 131 Å². The van der Waals surface area contributed by atoms with Crippen LogP contribution in [0.25, 0.3) is 0 Å². The highest BCUT2D eigenvalue weighted by atomic mass is 28.3. The third-order valence-electron chi connectivity index (χ3n) is 5.56. The van der Waals surface area contributed by atoms with Crippen molar-refractivity contribution in [1.29, 1.82) is 0 Å². The van der Waals surface area contributed by atoms with Crippen molar-refractivity contribution in [2.45, 2.75) is 96.2 Å².